The summed E-state index contributed by atoms with van der Waals surface area (Å²) in [6, 6.07) is 47.8. The van der Waals surface area contributed by atoms with Crippen molar-refractivity contribution in [3.63, 3.8) is 0 Å². The number of aromatic nitrogens is 2. The fourth-order valence-electron chi connectivity index (χ4n) is 5.83. The number of fused-ring (bicyclic) bond motifs is 8. The Bertz CT molecular complexity index is 2130. The van der Waals surface area contributed by atoms with E-state index in [1.54, 1.807) is 0 Å². The summed E-state index contributed by atoms with van der Waals surface area (Å²) in [5.74, 6) is 0. The van der Waals surface area contributed by atoms with Gasteiger partial charge in [-0.15, -0.1) is 0 Å². The van der Waals surface area contributed by atoms with Crippen LogP contribution in [0.5, 0.6) is 0 Å². The molecule has 2 aromatic heterocycles. The van der Waals surface area contributed by atoms with Gasteiger partial charge in [0.05, 0.1) is 27.8 Å². The second-order valence-electron chi connectivity index (χ2n) is 9.64. The maximum atomic E-state index is 5.14. The fourth-order valence-corrected chi connectivity index (χ4v) is 5.83. The molecule has 0 saturated heterocycles. The van der Waals surface area contributed by atoms with Crippen LogP contribution in [0.2, 0.25) is 0 Å². The van der Waals surface area contributed by atoms with Crippen LogP contribution in [-0.4, -0.2) is 9.38 Å². The lowest BCUT2D eigenvalue weighted by molar-refractivity contribution is 1.27. The van der Waals surface area contributed by atoms with Crippen molar-refractivity contribution in [2.24, 2.45) is 0 Å². The lowest BCUT2D eigenvalue weighted by Gasteiger charge is -2.13. The number of benzene rings is 6. The minimum atomic E-state index is 0.996. The largest absolute Gasteiger partial charge is 0.306 e. The van der Waals surface area contributed by atoms with Crippen molar-refractivity contribution in [3.8, 4) is 22.4 Å². The molecule has 0 saturated carbocycles. The molecule has 6 aromatic carbocycles. The second kappa shape index (κ2) is 7.78. The Balaban J connectivity index is 1.35. The van der Waals surface area contributed by atoms with Gasteiger partial charge in [-0.25, -0.2) is 4.98 Å². The van der Waals surface area contributed by atoms with E-state index in [-0.39, 0.29) is 0 Å². The Kier molecular flexibility index (Phi) is 4.26. The Morgan fingerprint density at radius 1 is 0.432 bits per heavy atom. The van der Waals surface area contributed by atoms with Gasteiger partial charge in [-0.1, -0.05) is 103 Å². The number of hydrogen-bond donors (Lipinski definition) is 0. The van der Waals surface area contributed by atoms with Gasteiger partial charge in [-0.3, -0.25) is 0 Å². The van der Waals surface area contributed by atoms with Gasteiger partial charge in [0.15, 0.2) is 0 Å². The summed E-state index contributed by atoms with van der Waals surface area (Å²) in [5.41, 5.74) is 9.05. The molecule has 172 valence electrons. The van der Waals surface area contributed by atoms with Gasteiger partial charge < -0.3 is 4.40 Å². The Labute approximate surface area is 214 Å². The molecule has 0 amide bonds. The normalized spacial score (nSPS) is 11.8. The molecule has 0 bridgehead atoms. The molecule has 0 N–H and O–H groups in total. The minimum absolute atomic E-state index is 0.996. The lowest BCUT2D eigenvalue weighted by atomic mass is 9.93. The van der Waals surface area contributed by atoms with Crippen molar-refractivity contribution in [2.75, 3.05) is 0 Å². The molecule has 0 radical (unpaired) electrons. The van der Waals surface area contributed by atoms with E-state index in [4.69, 9.17) is 4.98 Å². The topological polar surface area (TPSA) is 17.3 Å². The van der Waals surface area contributed by atoms with Gasteiger partial charge in [-0.05, 0) is 63.0 Å². The summed E-state index contributed by atoms with van der Waals surface area (Å²) in [6.45, 7) is 0. The van der Waals surface area contributed by atoms with Gasteiger partial charge >= 0.3 is 0 Å². The molecule has 8 rings (SSSR count). The van der Waals surface area contributed by atoms with Gasteiger partial charge in [0.1, 0.15) is 0 Å². The van der Waals surface area contributed by atoms with Crippen molar-refractivity contribution in [1.82, 2.24) is 9.38 Å². The highest BCUT2D eigenvalue weighted by atomic mass is 14.9. The maximum Gasteiger partial charge on any atom is 0.0950 e. The van der Waals surface area contributed by atoms with E-state index in [1.165, 1.54) is 43.6 Å². The van der Waals surface area contributed by atoms with Gasteiger partial charge in [0.25, 0.3) is 0 Å². The van der Waals surface area contributed by atoms with Crippen LogP contribution in [0.4, 0.5) is 0 Å². The molecule has 8 aromatic rings. The molecule has 0 aliphatic carbocycles. The quantitative estimate of drug-likeness (QED) is 0.230. The van der Waals surface area contributed by atoms with Crippen molar-refractivity contribution >= 4 is 49.0 Å². The number of nitrogens with zero attached hydrogens (tertiary/aromatic N) is 2. The van der Waals surface area contributed by atoms with Crippen molar-refractivity contribution in [3.05, 3.63) is 133 Å². The number of hydrogen-bond acceptors (Lipinski definition) is 1. The fraction of sp³-hybridized carbons (Fsp3) is 0. The second-order valence-corrected chi connectivity index (χ2v) is 9.64. The number of rotatable bonds is 2. The molecule has 2 heterocycles. The first-order valence-electron chi connectivity index (χ1n) is 12.7. The highest BCUT2D eigenvalue weighted by molar-refractivity contribution is 6.13. The van der Waals surface area contributed by atoms with Crippen LogP contribution in [0.15, 0.2) is 133 Å². The summed E-state index contributed by atoms with van der Waals surface area (Å²) in [6.07, 6.45) is 0. The van der Waals surface area contributed by atoms with Crippen molar-refractivity contribution < 1.29 is 0 Å². The predicted molar refractivity (Wildman–Crippen MR) is 156 cm³/mol. The van der Waals surface area contributed by atoms with Gasteiger partial charge in [0.2, 0.25) is 0 Å². The van der Waals surface area contributed by atoms with E-state index in [1.807, 2.05) is 0 Å². The summed E-state index contributed by atoms with van der Waals surface area (Å²) < 4.78 is 2.34. The minimum Gasteiger partial charge on any atom is -0.306 e. The molecule has 0 fully saturated rings. The van der Waals surface area contributed by atoms with Crippen LogP contribution in [0, 0.1) is 0 Å². The van der Waals surface area contributed by atoms with Gasteiger partial charge in [0, 0.05) is 10.9 Å². The molecule has 0 spiro atoms. The highest BCUT2D eigenvalue weighted by Crippen LogP contribution is 2.37. The van der Waals surface area contributed by atoms with E-state index in [9.17, 15) is 0 Å². The highest BCUT2D eigenvalue weighted by Gasteiger charge is 2.14. The maximum absolute atomic E-state index is 5.14. The van der Waals surface area contributed by atoms with Crippen LogP contribution in [0.25, 0.3) is 71.4 Å². The van der Waals surface area contributed by atoms with Crippen molar-refractivity contribution in [2.45, 2.75) is 0 Å². The number of para-hydroxylation sites is 3. The zero-order chi connectivity index (χ0) is 24.3. The molecule has 2 nitrogen and oxygen atoms in total. The first-order valence-corrected chi connectivity index (χ1v) is 12.7. The molecule has 0 atom stereocenters. The van der Waals surface area contributed by atoms with E-state index in [0.717, 1.165) is 27.8 Å². The first-order chi connectivity index (χ1) is 18.3. The third-order valence-electron chi connectivity index (χ3n) is 7.55. The van der Waals surface area contributed by atoms with Crippen molar-refractivity contribution in [1.29, 1.82) is 0 Å². The Morgan fingerprint density at radius 3 is 1.89 bits per heavy atom. The van der Waals surface area contributed by atoms with Crippen LogP contribution >= 0.6 is 0 Å². The molecule has 0 aliphatic rings. The molecular formula is C35H22N2. The standard InChI is InChI=1S/C35H22N2/c1-3-11-27-25(9-1)21-30(29-13-5-4-12-28(27)29)23-17-19-24(20-18-23)35-34-22-26-10-2-7-15-32(26)37(34)33-16-8-6-14-31(33)36-35/h1-22H. The average Bonchev–Trinajstić information content (AvgIpc) is 3.36. The predicted octanol–water partition coefficient (Wildman–Crippen LogP) is 9.28. The van der Waals surface area contributed by atoms with Gasteiger partial charge in [-0.2, -0.15) is 0 Å². The molecule has 2 heteroatoms. The third-order valence-corrected chi connectivity index (χ3v) is 7.55. The Hall–Kier alpha value is -4.95. The van der Waals surface area contributed by atoms with Crippen LogP contribution in [0.1, 0.15) is 0 Å². The average molecular weight is 471 g/mol. The lowest BCUT2D eigenvalue weighted by Crippen LogP contribution is -1.95. The zero-order valence-electron chi connectivity index (χ0n) is 20.1. The third kappa shape index (κ3) is 3.03. The van der Waals surface area contributed by atoms with E-state index < -0.39 is 0 Å². The summed E-state index contributed by atoms with van der Waals surface area (Å²) in [7, 11) is 0. The molecule has 37 heavy (non-hydrogen) atoms. The van der Waals surface area contributed by atoms with Crippen LogP contribution < -0.4 is 0 Å². The molecule has 0 aliphatic heterocycles. The monoisotopic (exact) mass is 470 g/mol. The summed E-state index contributed by atoms with van der Waals surface area (Å²) in [5, 5.41) is 6.34. The van der Waals surface area contributed by atoms with E-state index >= 15 is 0 Å². The van der Waals surface area contributed by atoms with E-state index in [0.29, 0.717) is 0 Å². The smallest absolute Gasteiger partial charge is 0.0950 e. The molecule has 0 unspecified atom stereocenters. The summed E-state index contributed by atoms with van der Waals surface area (Å²) in [4.78, 5) is 5.14. The van der Waals surface area contributed by atoms with E-state index in [2.05, 4.69) is 138 Å². The van der Waals surface area contributed by atoms with Crippen LogP contribution in [0.3, 0.4) is 0 Å². The molecular weight excluding hydrogens is 448 g/mol. The van der Waals surface area contributed by atoms with Crippen LogP contribution in [-0.2, 0) is 0 Å². The zero-order valence-corrected chi connectivity index (χ0v) is 20.1. The SMILES string of the molecule is c1ccc2c(c1)cc(-c1ccc(-c3nc4ccccc4n4c3cc3ccccc34)cc1)c1ccccc12. The summed E-state index contributed by atoms with van der Waals surface area (Å²) >= 11 is 0. The Morgan fingerprint density at radius 2 is 1.05 bits per heavy atom. The first kappa shape index (κ1) is 20.3.